The van der Waals surface area contributed by atoms with Crippen molar-refractivity contribution < 1.29 is 0 Å². The Kier molecular flexibility index (Phi) is 7.60. The quantitative estimate of drug-likeness (QED) is 0.746. The summed E-state index contributed by atoms with van der Waals surface area (Å²) in [5.74, 6) is 1.47. The second kappa shape index (κ2) is 8.96. The average Bonchev–Trinajstić information content (AvgIpc) is 2.40. The zero-order chi connectivity index (χ0) is 15.0. The van der Waals surface area contributed by atoms with Crippen LogP contribution >= 0.6 is 0 Å². The van der Waals surface area contributed by atoms with E-state index < -0.39 is 0 Å². The molecule has 1 N–H and O–H groups in total. The predicted molar refractivity (Wildman–Crippen MR) is 88.1 cm³/mol. The molecule has 0 fully saturated rings. The summed E-state index contributed by atoms with van der Waals surface area (Å²) in [6.07, 6.45) is 6.37. The summed E-state index contributed by atoms with van der Waals surface area (Å²) in [5.41, 5.74) is 2.64. The van der Waals surface area contributed by atoms with Gasteiger partial charge in [0.15, 0.2) is 0 Å². The molecule has 0 radical (unpaired) electrons. The molecule has 0 bridgehead atoms. The summed E-state index contributed by atoms with van der Waals surface area (Å²) in [5, 5.41) is 3.25. The molecule has 20 heavy (non-hydrogen) atoms. The van der Waals surface area contributed by atoms with Gasteiger partial charge in [0, 0.05) is 25.8 Å². The van der Waals surface area contributed by atoms with E-state index in [0.29, 0.717) is 0 Å². The Morgan fingerprint density at radius 3 is 2.20 bits per heavy atom. The minimum absolute atomic E-state index is 0.737. The second-order valence-electron chi connectivity index (χ2n) is 6.39. The summed E-state index contributed by atoms with van der Waals surface area (Å²) < 4.78 is 0. The Morgan fingerprint density at radius 1 is 1.10 bits per heavy atom. The topological polar surface area (TPSA) is 28.2 Å². The van der Waals surface area contributed by atoms with Gasteiger partial charge in [0.1, 0.15) is 0 Å². The lowest BCUT2D eigenvalue weighted by Crippen LogP contribution is -2.29. The predicted octanol–water partition coefficient (Wildman–Crippen LogP) is 3.70. The summed E-state index contributed by atoms with van der Waals surface area (Å²) in [6, 6.07) is 2.13. The monoisotopic (exact) mass is 277 g/mol. The normalized spacial score (nSPS) is 11.3. The third kappa shape index (κ3) is 5.91. The standard InChI is InChI=1S/C17H31N3/c1-14(2)7-10-20(11-8-15(3)4)17-13-19-9-6-16(17)12-18-5/h6,9,13-15,18H,7-8,10-12H2,1-5H3. The van der Waals surface area contributed by atoms with E-state index in [1.165, 1.54) is 24.1 Å². The summed E-state index contributed by atoms with van der Waals surface area (Å²) in [4.78, 5) is 6.85. The van der Waals surface area contributed by atoms with Crippen molar-refractivity contribution in [2.45, 2.75) is 47.1 Å². The Labute approximate surface area is 124 Å². The van der Waals surface area contributed by atoms with Crippen LogP contribution in [0.25, 0.3) is 0 Å². The molecule has 1 rings (SSSR count). The van der Waals surface area contributed by atoms with E-state index in [0.717, 1.165) is 31.5 Å². The SMILES string of the molecule is CNCc1ccncc1N(CCC(C)C)CCC(C)C. The van der Waals surface area contributed by atoms with Crippen molar-refractivity contribution in [2.24, 2.45) is 11.8 Å². The molecule has 3 heteroatoms. The Hall–Kier alpha value is -1.09. The van der Waals surface area contributed by atoms with Crippen LogP contribution in [0.5, 0.6) is 0 Å². The van der Waals surface area contributed by atoms with Crippen molar-refractivity contribution in [3.8, 4) is 0 Å². The number of nitrogens with one attached hydrogen (secondary N) is 1. The number of aromatic nitrogens is 1. The molecule has 3 nitrogen and oxygen atoms in total. The van der Waals surface area contributed by atoms with Crippen LogP contribution < -0.4 is 10.2 Å². The number of hydrogen-bond donors (Lipinski definition) is 1. The minimum atomic E-state index is 0.737. The van der Waals surface area contributed by atoms with Crippen molar-refractivity contribution in [1.29, 1.82) is 0 Å². The van der Waals surface area contributed by atoms with Crippen LogP contribution in [0.2, 0.25) is 0 Å². The van der Waals surface area contributed by atoms with Crippen LogP contribution in [-0.2, 0) is 6.54 Å². The second-order valence-corrected chi connectivity index (χ2v) is 6.39. The Morgan fingerprint density at radius 2 is 1.70 bits per heavy atom. The van der Waals surface area contributed by atoms with E-state index in [1.54, 1.807) is 0 Å². The van der Waals surface area contributed by atoms with Crippen LogP contribution in [-0.4, -0.2) is 25.1 Å². The molecule has 0 spiro atoms. The number of nitrogens with zero attached hydrogens (tertiary/aromatic N) is 2. The van der Waals surface area contributed by atoms with Gasteiger partial charge in [-0.3, -0.25) is 4.98 Å². The molecule has 0 saturated carbocycles. The molecule has 1 heterocycles. The highest BCUT2D eigenvalue weighted by atomic mass is 15.1. The molecule has 0 unspecified atom stereocenters. The smallest absolute Gasteiger partial charge is 0.0598 e. The fraction of sp³-hybridized carbons (Fsp3) is 0.706. The zero-order valence-electron chi connectivity index (χ0n) is 13.8. The van der Waals surface area contributed by atoms with Gasteiger partial charge in [0.25, 0.3) is 0 Å². The fourth-order valence-corrected chi connectivity index (χ4v) is 2.22. The van der Waals surface area contributed by atoms with E-state index in [2.05, 4.69) is 49.0 Å². The third-order valence-corrected chi connectivity index (χ3v) is 3.55. The van der Waals surface area contributed by atoms with Crippen LogP contribution in [0.3, 0.4) is 0 Å². The van der Waals surface area contributed by atoms with Crippen molar-refractivity contribution >= 4 is 5.69 Å². The fourth-order valence-electron chi connectivity index (χ4n) is 2.22. The third-order valence-electron chi connectivity index (χ3n) is 3.55. The summed E-state index contributed by atoms with van der Waals surface area (Å²) in [7, 11) is 2.00. The van der Waals surface area contributed by atoms with Gasteiger partial charge in [-0.05, 0) is 43.4 Å². The molecule has 0 aliphatic carbocycles. The largest absolute Gasteiger partial charge is 0.370 e. The number of pyridine rings is 1. The van der Waals surface area contributed by atoms with Crippen molar-refractivity contribution in [3.05, 3.63) is 24.0 Å². The molecule has 0 aromatic carbocycles. The van der Waals surface area contributed by atoms with Crippen molar-refractivity contribution in [1.82, 2.24) is 10.3 Å². The molecule has 0 atom stereocenters. The van der Waals surface area contributed by atoms with Gasteiger partial charge in [-0.1, -0.05) is 27.7 Å². The van der Waals surface area contributed by atoms with Crippen LogP contribution in [0.15, 0.2) is 18.5 Å². The van der Waals surface area contributed by atoms with Crippen LogP contribution in [0.1, 0.15) is 46.1 Å². The van der Waals surface area contributed by atoms with Crippen molar-refractivity contribution in [2.75, 3.05) is 25.0 Å². The molecule has 1 aromatic rings. The number of anilines is 1. The summed E-state index contributed by atoms with van der Waals surface area (Å²) >= 11 is 0. The van der Waals surface area contributed by atoms with Gasteiger partial charge in [0.05, 0.1) is 11.9 Å². The lowest BCUT2D eigenvalue weighted by Gasteiger charge is -2.28. The van der Waals surface area contributed by atoms with Crippen molar-refractivity contribution in [3.63, 3.8) is 0 Å². The number of rotatable bonds is 9. The van der Waals surface area contributed by atoms with Gasteiger partial charge in [-0.15, -0.1) is 0 Å². The average molecular weight is 277 g/mol. The van der Waals surface area contributed by atoms with Gasteiger partial charge < -0.3 is 10.2 Å². The molecule has 0 aliphatic heterocycles. The maximum atomic E-state index is 4.33. The van der Waals surface area contributed by atoms with E-state index >= 15 is 0 Å². The zero-order valence-corrected chi connectivity index (χ0v) is 13.8. The maximum Gasteiger partial charge on any atom is 0.0598 e. The van der Waals surface area contributed by atoms with Gasteiger partial charge in [-0.25, -0.2) is 0 Å². The van der Waals surface area contributed by atoms with E-state index in [9.17, 15) is 0 Å². The maximum absolute atomic E-state index is 4.33. The highest BCUT2D eigenvalue weighted by Crippen LogP contribution is 2.21. The molecular formula is C17H31N3. The highest BCUT2D eigenvalue weighted by molar-refractivity contribution is 5.51. The lowest BCUT2D eigenvalue weighted by atomic mass is 10.1. The highest BCUT2D eigenvalue weighted by Gasteiger charge is 2.12. The summed E-state index contributed by atoms with van der Waals surface area (Å²) in [6.45, 7) is 12.3. The molecule has 0 amide bonds. The van der Waals surface area contributed by atoms with E-state index in [-0.39, 0.29) is 0 Å². The van der Waals surface area contributed by atoms with Crippen LogP contribution in [0.4, 0.5) is 5.69 Å². The minimum Gasteiger partial charge on any atom is -0.370 e. The first kappa shape index (κ1) is 17.0. The lowest BCUT2D eigenvalue weighted by molar-refractivity contribution is 0.534. The van der Waals surface area contributed by atoms with Gasteiger partial charge >= 0.3 is 0 Å². The molecule has 114 valence electrons. The molecule has 0 saturated heterocycles. The van der Waals surface area contributed by atoms with E-state index in [4.69, 9.17) is 0 Å². The Balaban J connectivity index is 2.84. The molecule has 1 aromatic heterocycles. The van der Waals surface area contributed by atoms with Gasteiger partial charge in [0.2, 0.25) is 0 Å². The number of hydrogen-bond acceptors (Lipinski definition) is 3. The molecular weight excluding hydrogens is 246 g/mol. The van der Waals surface area contributed by atoms with E-state index in [1.807, 2.05) is 19.4 Å². The van der Waals surface area contributed by atoms with Crippen LogP contribution in [0, 0.1) is 11.8 Å². The first-order valence-electron chi connectivity index (χ1n) is 7.87. The first-order chi connectivity index (χ1) is 9.54. The first-order valence-corrected chi connectivity index (χ1v) is 7.87. The Bertz CT molecular complexity index is 362. The van der Waals surface area contributed by atoms with Gasteiger partial charge in [-0.2, -0.15) is 0 Å². The molecule has 0 aliphatic rings.